The van der Waals surface area contributed by atoms with Gasteiger partial charge in [-0.2, -0.15) is 0 Å². The van der Waals surface area contributed by atoms with Gasteiger partial charge in [0, 0.05) is 19.0 Å². The Labute approximate surface area is 178 Å². The Hall–Kier alpha value is -3.33. The van der Waals surface area contributed by atoms with E-state index in [1.54, 1.807) is 39.5 Å². The second-order valence-corrected chi connectivity index (χ2v) is 7.45. The normalized spacial score (nSPS) is 10.5. The fourth-order valence-corrected chi connectivity index (χ4v) is 3.97. The van der Waals surface area contributed by atoms with Crippen molar-refractivity contribution in [3.63, 3.8) is 0 Å². The molecule has 2 N–H and O–H groups in total. The summed E-state index contributed by atoms with van der Waals surface area (Å²) < 4.78 is 17.0. The van der Waals surface area contributed by atoms with Crippen molar-refractivity contribution in [1.29, 1.82) is 0 Å². The maximum atomic E-state index is 12.5. The molecule has 0 aliphatic carbocycles. The minimum atomic E-state index is -0.159. The van der Waals surface area contributed by atoms with Crippen LogP contribution in [0.1, 0.15) is 18.9 Å². The molecule has 0 atom stereocenters. The minimum Gasteiger partial charge on any atom is -0.493 e. The van der Waals surface area contributed by atoms with Gasteiger partial charge < -0.3 is 24.8 Å². The molecule has 1 aromatic heterocycles. The topological polar surface area (TPSA) is 98.8 Å². The maximum absolute atomic E-state index is 12.5. The number of benzene rings is 2. The van der Waals surface area contributed by atoms with Crippen molar-refractivity contribution in [1.82, 2.24) is 4.98 Å². The number of ether oxygens (including phenoxy) is 3. The van der Waals surface area contributed by atoms with Crippen molar-refractivity contribution in [3.05, 3.63) is 35.9 Å². The van der Waals surface area contributed by atoms with Crippen LogP contribution in [0.2, 0.25) is 0 Å². The van der Waals surface area contributed by atoms with Gasteiger partial charge in [0.1, 0.15) is 0 Å². The Morgan fingerprint density at radius 3 is 2.43 bits per heavy atom. The number of anilines is 2. The van der Waals surface area contributed by atoms with Crippen LogP contribution in [-0.2, 0) is 16.0 Å². The van der Waals surface area contributed by atoms with Crippen molar-refractivity contribution in [3.8, 4) is 17.2 Å². The van der Waals surface area contributed by atoms with Crippen molar-refractivity contribution >= 4 is 44.2 Å². The highest BCUT2D eigenvalue weighted by atomic mass is 32.1. The number of nitrogens with one attached hydrogen (secondary N) is 2. The standard InChI is InChI=1S/C21H23N3O5S/c1-12(25)22-14-7-8-15-17(11-14)30-21(23-15)24-18(26)10-6-13-5-9-16(27-2)20(29-4)19(13)28-3/h5,7-9,11H,6,10H2,1-4H3,(H,22,25)(H,23,24,26). The third kappa shape index (κ3) is 4.80. The van der Waals surface area contributed by atoms with E-state index in [4.69, 9.17) is 14.2 Å². The summed E-state index contributed by atoms with van der Waals surface area (Å²) in [6.45, 7) is 1.45. The van der Waals surface area contributed by atoms with Crippen LogP contribution >= 0.6 is 11.3 Å². The van der Waals surface area contributed by atoms with Gasteiger partial charge in [0.2, 0.25) is 17.6 Å². The molecule has 0 saturated carbocycles. The number of carbonyl (C=O) groups excluding carboxylic acids is 2. The summed E-state index contributed by atoms with van der Waals surface area (Å²) in [7, 11) is 4.65. The van der Waals surface area contributed by atoms with Crippen LogP contribution in [-0.4, -0.2) is 38.1 Å². The average Bonchev–Trinajstić information content (AvgIpc) is 3.12. The molecule has 0 aliphatic heterocycles. The number of nitrogens with zero attached hydrogens (tertiary/aromatic N) is 1. The highest BCUT2D eigenvalue weighted by molar-refractivity contribution is 7.22. The zero-order valence-electron chi connectivity index (χ0n) is 17.2. The molecular weight excluding hydrogens is 406 g/mol. The summed E-state index contributed by atoms with van der Waals surface area (Å²) in [6.07, 6.45) is 0.714. The summed E-state index contributed by atoms with van der Waals surface area (Å²) in [5, 5.41) is 6.08. The summed E-state index contributed by atoms with van der Waals surface area (Å²) >= 11 is 1.35. The van der Waals surface area contributed by atoms with Crippen LogP contribution in [0.15, 0.2) is 30.3 Å². The third-order valence-electron chi connectivity index (χ3n) is 4.36. The monoisotopic (exact) mass is 429 g/mol. The molecule has 8 nitrogen and oxygen atoms in total. The van der Waals surface area contributed by atoms with E-state index >= 15 is 0 Å². The zero-order chi connectivity index (χ0) is 21.7. The van der Waals surface area contributed by atoms with E-state index < -0.39 is 0 Å². The predicted octanol–water partition coefficient (Wildman–Crippen LogP) is 3.85. The molecule has 0 spiro atoms. The number of hydrogen-bond donors (Lipinski definition) is 2. The van der Waals surface area contributed by atoms with Crippen molar-refractivity contribution < 1.29 is 23.8 Å². The van der Waals surface area contributed by atoms with Gasteiger partial charge in [0.15, 0.2) is 16.6 Å². The Morgan fingerprint density at radius 1 is 1.00 bits per heavy atom. The van der Waals surface area contributed by atoms with Crippen LogP contribution in [0.4, 0.5) is 10.8 Å². The fourth-order valence-electron chi connectivity index (χ4n) is 3.05. The largest absolute Gasteiger partial charge is 0.493 e. The molecular formula is C21H23N3O5S. The van der Waals surface area contributed by atoms with Gasteiger partial charge >= 0.3 is 0 Å². The molecule has 2 aromatic carbocycles. The lowest BCUT2D eigenvalue weighted by molar-refractivity contribution is -0.116. The van der Waals surface area contributed by atoms with E-state index in [0.717, 1.165) is 15.8 Å². The number of methoxy groups -OCH3 is 3. The van der Waals surface area contributed by atoms with Crippen molar-refractivity contribution in [2.75, 3.05) is 32.0 Å². The van der Waals surface area contributed by atoms with Crippen LogP contribution in [0.25, 0.3) is 10.2 Å². The Bertz CT molecular complexity index is 1080. The maximum Gasteiger partial charge on any atom is 0.226 e. The van der Waals surface area contributed by atoms with Gasteiger partial charge in [-0.25, -0.2) is 4.98 Å². The Balaban J connectivity index is 1.68. The summed E-state index contributed by atoms with van der Waals surface area (Å²) in [4.78, 5) is 28.1. The van der Waals surface area contributed by atoms with E-state index in [1.807, 2.05) is 12.1 Å². The molecule has 0 bridgehead atoms. The molecule has 2 amide bonds. The number of rotatable bonds is 8. The lowest BCUT2D eigenvalue weighted by Crippen LogP contribution is -2.12. The van der Waals surface area contributed by atoms with E-state index in [1.165, 1.54) is 18.3 Å². The molecule has 3 aromatic rings. The molecule has 158 valence electrons. The highest BCUT2D eigenvalue weighted by Gasteiger charge is 2.17. The Morgan fingerprint density at radius 2 is 1.77 bits per heavy atom. The summed E-state index contributed by atoms with van der Waals surface area (Å²) in [5.74, 6) is 1.32. The smallest absolute Gasteiger partial charge is 0.226 e. The predicted molar refractivity (Wildman–Crippen MR) is 117 cm³/mol. The minimum absolute atomic E-state index is 0.141. The quantitative estimate of drug-likeness (QED) is 0.564. The lowest BCUT2D eigenvalue weighted by atomic mass is 10.1. The first-order valence-corrected chi connectivity index (χ1v) is 10.0. The van der Waals surface area contributed by atoms with Gasteiger partial charge in [-0.05, 0) is 36.2 Å². The first kappa shape index (κ1) is 21.4. The van der Waals surface area contributed by atoms with Gasteiger partial charge in [0.25, 0.3) is 0 Å². The highest BCUT2D eigenvalue weighted by Crippen LogP contribution is 2.40. The molecule has 0 saturated heterocycles. The number of carbonyl (C=O) groups is 2. The van der Waals surface area contributed by atoms with Crippen molar-refractivity contribution in [2.45, 2.75) is 19.8 Å². The molecule has 1 heterocycles. The molecule has 9 heteroatoms. The average molecular weight is 429 g/mol. The van der Waals surface area contributed by atoms with Crippen LogP contribution in [0.5, 0.6) is 17.2 Å². The second-order valence-electron chi connectivity index (χ2n) is 6.42. The van der Waals surface area contributed by atoms with Gasteiger partial charge in [-0.1, -0.05) is 17.4 Å². The van der Waals surface area contributed by atoms with Crippen LogP contribution < -0.4 is 24.8 Å². The fraction of sp³-hybridized carbons (Fsp3) is 0.286. The number of aromatic nitrogens is 1. The van der Waals surface area contributed by atoms with E-state index in [2.05, 4.69) is 15.6 Å². The Kier molecular flexibility index (Phi) is 6.73. The van der Waals surface area contributed by atoms with Crippen LogP contribution in [0.3, 0.4) is 0 Å². The number of amides is 2. The van der Waals surface area contributed by atoms with Gasteiger partial charge in [-0.3, -0.25) is 9.59 Å². The van der Waals surface area contributed by atoms with Gasteiger partial charge in [0.05, 0.1) is 31.5 Å². The number of hydrogen-bond acceptors (Lipinski definition) is 7. The molecule has 30 heavy (non-hydrogen) atoms. The lowest BCUT2D eigenvalue weighted by Gasteiger charge is -2.15. The summed E-state index contributed by atoms with van der Waals surface area (Å²) in [5.41, 5.74) is 2.29. The van der Waals surface area contributed by atoms with Crippen molar-refractivity contribution in [2.24, 2.45) is 0 Å². The molecule has 3 rings (SSSR count). The van der Waals surface area contributed by atoms with E-state index in [-0.39, 0.29) is 18.2 Å². The molecule has 0 aliphatic rings. The zero-order valence-corrected chi connectivity index (χ0v) is 18.0. The molecule has 0 unspecified atom stereocenters. The first-order chi connectivity index (χ1) is 14.4. The molecule has 0 fully saturated rings. The summed E-state index contributed by atoms with van der Waals surface area (Å²) in [6, 6.07) is 9.06. The van der Waals surface area contributed by atoms with Crippen LogP contribution in [0, 0.1) is 0 Å². The van der Waals surface area contributed by atoms with E-state index in [9.17, 15) is 9.59 Å². The van der Waals surface area contributed by atoms with E-state index in [0.29, 0.717) is 34.5 Å². The number of fused-ring (bicyclic) bond motifs is 1. The number of thiazole rings is 1. The second kappa shape index (κ2) is 9.45. The first-order valence-electron chi connectivity index (χ1n) is 9.21. The molecule has 0 radical (unpaired) electrons. The third-order valence-corrected chi connectivity index (χ3v) is 5.30. The SMILES string of the molecule is COc1ccc(CCC(=O)Nc2nc3ccc(NC(C)=O)cc3s2)c(OC)c1OC. The number of aryl methyl sites for hydroxylation is 1. The van der Waals surface area contributed by atoms with Gasteiger partial charge in [-0.15, -0.1) is 0 Å².